The highest BCUT2D eigenvalue weighted by molar-refractivity contribution is 6.24. The molecule has 0 radical (unpaired) electrons. The van der Waals surface area contributed by atoms with Gasteiger partial charge in [-0.25, -0.2) is 38.7 Å². The highest BCUT2D eigenvalue weighted by Crippen LogP contribution is 2.50. The number of ether oxygens (including phenoxy) is 1. The summed E-state index contributed by atoms with van der Waals surface area (Å²) in [4.78, 5) is 98.7. The molecule has 6 aromatic heterocycles. The molecule has 4 saturated carbocycles. The Bertz CT molecular complexity index is 7520. The number of aryl methyl sites for hydroxylation is 1. The smallest absolute Gasteiger partial charge is 0.267 e. The lowest BCUT2D eigenvalue weighted by molar-refractivity contribution is 0.0857. The Kier molecular flexibility index (Phi) is 26.1. The van der Waals surface area contributed by atoms with Crippen LogP contribution < -0.4 is 40.9 Å². The average molecular weight is 1960 g/mol. The number of carbonyl (C=O) groups is 4. The fourth-order valence-corrected chi connectivity index (χ4v) is 22.2. The van der Waals surface area contributed by atoms with Crippen LogP contribution >= 0.6 is 0 Å². The average Bonchev–Trinajstić information content (AvgIpc) is 1.58. The predicted octanol–water partition coefficient (Wildman–Crippen LogP) is 20.5. The number of rotatable bonds is 21. The molecular formula is C115H120N26O6. The number of anilines is 12. The van der Waals surface area contributed by atoms with Gasteiger partial charge in [0.2, 0.25) is 23.8 Å². The first kappa shape index (κ1) is 96.1. The van der Waals surface area contributed by atoms with Gasteiger partial charge in [-0.1, -0.05) is 210 Å². The molecule has 0 unspecified atom stereocenters. The number of nitrogens with zero attached hydrogens (tertiary/aromatic N) is 22. The Morgan fingerprint density at radius 3 is 1.01 bits per heavy atom. The van der Waals surface area contributed by atoms with E-state index in [9.17, 15) is 24.3 Å². The Balaban J connectivity index is 0.000000115. The van der Waals surface area contributed by atoms with E-state index in [4.69, 9.17) is 45.1 Å². The normalized spacial score (nSPS) is 19.8. The number of phenolic OH excluding ortho intramolecular Hbond substituents is 1. The summed E-state index contributed by atoms with van der Waals surface area (Å²) in [5.41, 5.74) is 17.8. The number of allylic oxidation sites excluding steroid dienone is 1. The Hall–Kier alpha value is -17.1. The molecule has 4 aliphatic carbocycles. The van der Waals surface area contributed by atoms with Gasteiger partial charge in [0, 0.05) is 73.8 Å². The van der Waals surface area contributed by atoms with Gasteiger partial charge in [-0.2, -0.15) is 20.4 Å². The van der Waals surface area contributed by atoms with Crippen LogP contribution in [0.3, 0.4) is 0 Å². The number of carbonyl (C=O) groups excluding carboxylic acids is 4. The van der Waals surface area contributed by atoms with Gasteiger partial charge in [-0.3, -0.25) is 68.3 Å². The van der Waals surface area contributed by atoms with Crippen LogP contribution in [0.25, 0.3) is 33.8 Å². The fraction of sp³-hybridized carbons (Fsp3) is 0.287. The van der Waals surface area contributed by atoms with Crippen LogP contribution in [0.1, 0.15) is 179 Å². The number of methoxy groups -OCH3 is 1. The Morgan fingerprint density at radius 2 is 0.680 bits per heavy atom. The number of phenols is 1. The molecular weight excluding hydrogens is 1840 g/mol. The number of amides is 4. The molecule has 147 heavy (non-hydrogen) atoms. The summed E-state index contributed by atoms with van der Waals surface area (Å²) in [7, 11) is 8.83. The van der Waals surface area contributed by atoms with Gasteiger partial charge < -0.3 is 31.1 Å². The largest absolute Gasteiger partial charge is 0.506 e. The van der Waals surface area contributed by atoms with Crippen LogP contribution in [0.5, 0.6) is 5.75 Å². The van der Waals surface area contributed by atoms with Crippen LogP contribution in [0.4, 0.5) is 69.3 Å². The number of fused-ring (bicyclic) bond motifs is 20. The first-order valence-corrected chi connectivity index (χ1v) is 49.9. The van der Waals surface area contributed by atoms with Crippen molar-refractivity contribution in [3.8, 4) is 28.3 Å². The number of aromatic nitrogens is 10. The van der Waals surface area contributed by atoms with E-state index < -0.39 is 0 Å². The van der Waals surface area contributed by atoms with E-state index in [1.165, 1.54) is 0 Å². The van der Waals surface area contributed by atoms with Crippen molar-refractivity contribution in [3.05, 3.63) is 329 Å². The van der Waals surface area contributed by atoms with E-state index in [1.807, 2.05) is 211 Å². The summed E-state index contributed by atoms with van der Waals surface area (Å²) < 4.78 is 12.8. The SMILES string of the molecule is C.C.C=C(C)c1ccc(Cn2nc3c(c2Nc2ccccc2)C(=O)N(C)C2=N[C@@H]4CCC[C@@H]4N23)cc1.C=C(OC)c1ccc(Cn2nc3c(c2Nc2ccccc2)C(=O)N(C)C2=N[C@@H]4CCC[C@@H]4N23)cc1.CN1C(=O)c2c(nn(Cc3ccc(-c4ccccn4)cc3)c2Nc2ccccc2)N2C1=N[C@@H]1CCC[C@@H]12.Cc1cccc(-c2ccc(Cn3nc4c(c3Nc3ccccc3O)C(=O)N(C)C3=N[C@@H]5CCC[C@@H]5N34)cc2)n1. The van der Waals surface area contributed by atoms with Crippen LogP contribution in [0, 0.1) is 6.92 Å². The van der Waals surface area contributed by atoms with Crippen molar-refractivity contribution in [1.29, 1.82) is 0 Å². The molecule has 26 rings (SSSR count). The Labute approximate surface area is 854 Å². The third kappa shape index (κ3) is 17.8. The minimum atomic E-state index is -0.162. The number of nitrogens with one attached hydrogen (secondary N) is 4. The number of aromatic hydroxyl groups is 1. The van der Waals surface area contributed by atoms with Gasteiger partial charge in [0.05, 0.1) is 98.7 Å². The maximum atomic E-state index is 13.7. The number of hydrogen-bond donors (Lipinski definition) is 5. The topological polar surface area (TPSA) is 318 Å². The molecule has 4 fully saturated rings. The van der Waals surface area contributed by atoms with E-state index in [2.05, 4.69) is 137 Å². The predicted molar refractivity (Wildman–Crippen MR) is 581 cm³/mol. The first-order valence-electron chi connectivity index (χ1n) is 49.9. The molecule has 0 saturated heterocycles. The van der Waals surface area contributed by atoms with Gasteiger partial charge in [0.15, 0.2) is 23.3 Å². The second-order valence-corrected chi connectivity index (χ2v) is 38.9. The van der Waals surface area contributed by atoms with Gasteiger partial charge in [-0.05, 0) is 192 Å². The lowest BCUT2D eigenvalue weighted by atomic mass is 10.1. The van der Waals surface area contributed by atoms with Crippen molar-refractivity contribution >= 4 is 128 Å². The summed E-state index contributed by atoms with van der Waals surface area (Å²) in [6.07, 6.45) is 14.7. The van der Waals surface area contributed by atoms with Gasteiger partial charge in [0.25, 0.3) is 23.6 Å². The zero-order valence-electron chi connectivity index (χ0n) is 81.9. The van der Waals surface area contributed by atoms with E-state index >= 15 is 0 Å². The second kappa shape index (κ2) is 39.9. The minimum absolute atomic E-state index is 0. The number of hydrogen-bond acceptors (Lipinski definition) is 24. The van der Waals surface area contributed by atoms with Crippen LogP contribution in [0.15, 0.2) is 288 Å². The molecule has 14 heterocycles. The van der Waals surface area contributed by atoms with Gasteiger partial charge in [0.1, 0.15) is 57.0 Å². The Morgan fingerprint density at radius 1 is 0.367 bits per heavy atom. The number of pyridine rings is 2. The summed E-state index contributed by atoms with van der Waals surface area (Å²) in [5.74, 6) is 8.56. The summed E-state index contributed by atoms with van der Waals surface area (Å²) in [6, 6.07) is 83.6. The molecule has 32 nitrogen and oxygen atoms in total. The summed E-state index contributed by atoms with van der Waals surface area (Å²) in [5, 5.41) is 44.4. The quantitative estimate of drug-likeness (QED) is 0.0330. The molecule has 32 heteroatoms. The third-order valence-corrected chi connectivity index (χ3v) is 29.6. The fourth-order valence-electron chi connectivity index (χ4n) is 22.2. The van der Waals surface area contributed by atoms with Crippen LogP contribution in [0.2, 0.25) is 0 Å². The molecule has 8 aliphatic heterocycles. The zero-order valence-corrected chi connectivity index (χ0v) is 81.9. The lowest BCUT2D eigenvalue weighted by Gasteiger charge is -2.34. The first-order chi connectivity index (χ1) is 70.7. The van der Waals surface area contributed by atoms with Crippen molar-refractivity contribution in [1.82, 2.24) is 68.7 Å². The van der Waals surface area contributed by atoms with E-state index in [0.717, 1.165) is 179 Å². The second-order valence-electron chi connectivity index (χ2n) is 38.9. The molecule has 14 aromatic rings. The lowest BCUT2D eigenvalue weighted by Crippen LogP contribution is -2.51. The monoisotopic (exact) mass is 1960 g/mol. The molecule has 8 aromatic carbocycles. The van der Waals surface area contributed by atoms with Gasteiger partial charge in [-0.15, -0.1) is 0 Å². The highest BCUT2D eigenvalue weighted by Gasteiger charge is 2.55. The number of guanidine groups is 4. The number of aliphatic imine (C=N–C) groups is 4. The van der Waals surface area contributed by atoms with Crippen molar-refractivity contribution in [3.63, 3.8) is 0 Å². The van der Waals surface area contributed by atoms with Gasteiger partial charge >= 0.3 is 0 Å². The number of benzene rings is 8. The van der Waals surface area contributed by atoms with E-state index in [0.29, 0.717) is 112 Å². The van der Waals surface area contributed by atoms with E-state index in [1.54, 1.807) is 58.2 Å². The van der Waals surface area contributed by atoms with Crippen molar-refractivity contribution < 1.29 is 29.0 Å². The maximum absolute atomic E-state index is 13.7. The molecule has 5 N–H and O–H groups in total. The molecule has 0 bridgehead atoms. The molecule has 746 valence electrons. The molecule has 4 amide bonds. The maximum Gasteiger partial charge on any atom is 0.267 e. The standard InChI is InChI=1S/C30H29N7O2.C29H27N7O.C27H28N6O2.C27H28N6O.2CH4/c1-18-7-5-9-21(31-18)20-15-13-19(14-16-20)17-36-27(32-23-8-3-4-12-25(23)38)26-28(34-36)37-24-11-6-10-22(24)33-30(37)35(2)29(26)39;1-34-28(37)25-26(31-21-8-3-2-4-9-21)35(33-27(25)36-24-12-7-11-23(24)32-29(34)36)18-19-13-15-20(16-14-19)22-10-5-6-17-30-22;1-17(35-3)19-14-12-18(13-15-19)16-32-24(28-20-8-5-4-6-9-20)23-25(30-32)33-22-11-7-10-21(22)29-27(33)31(2)26(23)34;1-17(2)19-14-12-18(13-15-19)16-32-24(28-20-8-5-4-6-9-20)23-25(30-32)33-22-11-7-10-21(22)29-27(33)31(3)26(23)34;;/h3-5,7-9,12-16,22,24,32,38H,6,10-11,17H2,1-2H3;2-6,8-10,13-17,23-24,31H,7,11-12,18H2,1H3;4-6,8-9,12-15,21-22,28H,1,7,10-11,16H2,2-3H3;4-6,8-9,12-15,21-22,28H,1,7,10-11,16H2,2-3H3;2*1H4/t22-,24+;23-,24+;2*21-,22+;;/m1111../s1. The molecule has 8 atom stereocenters. The minimum Gasteiger partial charge on any atom is -0.506 e. The molecule has 12 aliphatic rings. The van der Waals surface area contributed by atoms with E-state index in [-0.39, 0.29) is 92.6 Å². The van der Waals surface area contributed by atoms with Crippen LogP contribution in [-0.2, 0) is 30.9 Å². The zero-order chi connectivity index (χ0) is 99.1. The summed E-state index contributed by atoms with van der Waals surface area (Å²) >= 11 is 0. The number of para-hydroxylation sites is 5. The van der Waals surface area contributed by atoms with Crippen LogP contribution in [-0.4, -0.2) is 205 Å². The summed E-state index contributed by atoms with van der Waals surface area (Å²) in [6.45, 7) is 14.0. The van der Waals surface area contributed by atoms with Crippen molar-refractivity contribution in [2.45, 2.75) is 180 Å². The van der Waals surface area contributed by atoms with Crippen molar-refractivity contribution in [2.24, 2.45) is 20.0 Å². The van der Waals surface area contributed by atoms with Crippen molar-refractivity contribution in [2.75, 3.05) is 76.2 Å². The molecule has 0 spiro atoms. The third-order valence-electron chi connectivity index (χ3n) is 29.6. The highest BCUT2D eigenvalue weighted by atomic mass is 16.5.